The zero-order chi connectivity index (χ0) is 10.7. The zero-order valence-electron chi connectivity index (χ0n) is 8.64. The summed E-state index contributed by atoms with van der Waals surface area (Å²) < 4.78 is 4.89. The third-order valence-corrected chi connectivity index (χ3v) is 2.59. The van der Waals surface area contributed by atoms with E-state index in [9.17, 15) is 9.90 Å². The van der Waals surface area contributed by atoms with Crippen LogP contribution in [0.25, 0.3) is 0 Å². The average Bonchev–Trinajstić information content (AvgIpc) is 2.10. The quantitative estimate of drug-likeness (QED) is 0.636. The molecule has 82 valence electrons. The van der Waals surface area contributed by atoms with E-state index >= 15 is 0 Å². The van der Waals surface area contributed by atoms with Crippen molar-refractivity contribution in [1.29, 1.82) is 0 Å². The van der Waals surface area contributed by atoms with Gasteiger partial charge in [0.05, 0.1) is 18.1 Å². The fourth-order valence-corrected chi connectivity index (χ4v) is 1.62. The van der Waals surface area contributed by atoms with Crippen LogP contribution in [0.15, 0.2) is 0 Å². The van der Waals surface area contributed by atoms with Crippen LogP contribution in [0.1, 0.15) is 33.1 Å². The van der Waals surface area contributed by atoms with Gasteiger partial charge in [-0.2, -0.15) is 0 Å². The van der Waals surface area contributed by atoms with Crippen LogP contribution >= 0.6 is 0 Å². The van der Waals surface area contributed by atoms with Crippen LogP contribution in [0.4, 0.5) is 0 Å². The summed E-state index contributed by atoms with van der Waals surface area (Å²) >= 11 is 0. The van der Waals surface area contributed by atoms with Crippen molar-refractivity contribution in [3.05, 3.63) is 0 Å². The first-order valence-electron chi connectivity index (χ1n) is 5.07. The molecule has 0 aromatic carbocycles. The third kappa shape index (κ3) is 2.96. The van der Waals surface area contributed by atoms with Gasteiger partial charge >= 0.3 is 5.97 Å². The Morgan fingerprint density at radius 2 is 2.14 bits per heavy atom. The number of hydrogen-bond donors (Lipinski definition) is 2. The van der Waals surface area contributed by atoms with Gasteiger partial charge in [0.15, 0.2) is 0 Å². The molecule has 0 aromatic heterocycles. The molecule has 2 N–H and O–H groups in total. The van der Waals surface area contributed by atoms with Crippen LogP contribution in [0, 0.1) is 5.92 Å². The minimum absolute atomic E-state index is 0.0336. The Bertz CT molecular complexity index is 202. The van der Waals surface area contributed by atoms with E-state index < -0.39 is 12.2 Å². The molecule has 1 aliphatic rings. The number of aliphatic hydroxyl groups is 2. The number of cyclic esters (lactones) is 1. The second-order valence-electron chi connectivity index (χ2n) is 4.08. The maximum atomic E-state index is 10.7. The minimum Gasteiger partial charge on any atom is -0.461 e. The van der Waals surface area contributed by atoms with Crippen molar-refractivity contribution in [2.75, 3.05) is 0 Å². The highest BCUT2D eigenvalue weighted by atomic mass is 16.6. The summed E-state index contributed by atoms with van der Waals surface area (Å²) in [7, 11) is 0. The fourth-order valence-electron chi connectivity index (χ4n) is 1.62. The first-order chi connectivity index (χ1) is 6.50. The van der Waals surface area contributed by atoms with Crippen LogP contribution in [-0.4, -0.2) is 34.5 Å². The van der Waals surface area contributed by atoms with Gasteiger partial charge in [-0.1, -0.05) is 0 Å². The van der Waals surface area contributed by atoms with Crippen molar-refractivity contribution in [2.45, 2.75) is 51.4 Å². The highest BCUT2D eigenvalue weighted by Crippen LogP contribution is 2.26. The van der Waals surface area contributed by atoms with Gasteiger partial charge in [0.25, 0.3) is 0 Å². The molecule has 0 spiro atoms. The first kappa shape index (κ1) is 11.5. The van der Waals surface area contributed by atoms with Gasteiger partial charge in [-0.05, 0) is 33.1 Å². The lowest BCUT2D eigenvalue weighted by molar-refractivity contribution is -0.183. The summed E-state index contributed by atoms with van der Waals surface area (Å²) in [5.74, 6) is -0.186. The molecular formula is C10H18O4. The molecule has 0 saturated carbocycles. The summed E-state index contributed by atoms with van der Waals surface area (Å²) in [4.78, 5) is 10.7. The molecule has 1 aliphatic heterocycles. The predicted octanol–water partition coefficient (Wildman–Crippen LogP) is 0.460. The molecule has 1 rings (SSSR count). The van der Waals surface area contributed by atoms with Gasteiger partial charge in [-0.3, -0.25) is 4.79 Å². The molecule has 14 heavy (non-hydrogen) atoms. The molecule has 4 nitrogen and oxygen atoms in total. The van der Waals surface area contributed by atoms with Gasteiger partial charge in [0.1, 0.15) is 6.10 Å². The number of hydrogen-bond acceptors (Lipinski definition) is 4. The average molecular weight is 202 g/mol. The Balaban J connectivity index is 2.12. The largest absolute Gasteiger partial charge is 0.461 e. The number of ether oxygens (including phenoxy) is 1. The number of carbonyl (C=O) groups excluding carboxylic acids is 1. The summed E-state index contributed by atoms with van der Waals surface area (Å²) in [6.45, 7) is 3.48. The van der Waals surface area contributed by atoms with Crippen molar-refractivity contribution in [3.63, 3.8) is 0 Å². The molecule has 1 fully saturated rings. The summed E-state index contributed by atoms with van der Waals surface area (Å²) in [5.41, 5.74) is 0. The third-order valence-electron chi connectivity index (χ3n) is 2.59. The summed E-state index contributed by atoms with van der Waals surface area (Å²) in [5, 5.41) is 18.4. The van der Waals surface area contributed by atoms with E-state index in [0.29, 0.717) is 19.3 Å². The van der Waals surface area contributed by atoms with Crippen LogP contribution in [0.3, 0.4) is 0 Å². The summed E-state index contributed by atoms with van der Waals surface area (Å²) in [6.07, 6.45) is 0.627. The van der Waals surface area contributed by atoms with Crippen LogP contribution in [0.2, 0.25) is 0 Å². The lowest BCUT2D eigenvalue weighted by atomic mass is 9.93. The van der Waals surface area contributed by atoms with Crippen LogP contribution in [-0.2, 0) is 9.53 Å². The Kier molecular flexibility index (Phi) is 3.89. The van der Waals surface area contributed by atoms with Gasteiger partial charge in [0.2, 0.25) is 0 Å². The van der Waals surface area contributed by atoms with Crippen LogP contribution in [0.5, 0.6) is 0 Å². The van der Waals surface area contributed by atoms with E-state index in [0.717, 1.165) is 0 Å². The fraction of sp³-hybridized carbons (Fsp3) is 0.900. The van der Waals surface area contributed by atoms with Gasteiger partial charge < -0.3 is 14.9 Å². The van der Waals surface area contributed by atoms with E-state index in [2.05, 4.69) is 0 Å². The number of esters is 1. The first-order valence-corrected chi connectivity index (χ1v) is 5.07. The van der Waals surface area contributed by atoms with E-state index in [-0.39, 0.29) is 18.0 Å². The van der Waals surface area contributed by atoms with E-state index in [4.69, 9.17) is 9.84 Å². The number of carbonyl (C=O) groups is 1. The topological polar surface area (TPSA) is 66.8 Å². The minimum atomic E-state index is -0.499. The maximum absolute atomic E-state index is 10.7. The standard InChI is InChI=1S/C10H18O4/c1-6(11)5-8(12)3-4-9-7(2)10(13)14-9/h6-9,11-12H,3-5H2,1-2H3/t6?,7-,8?,9+/m1/s1. The molecule has 0 amide bonds. The van der Waals surface area contributed by atoms with Gasteiger partial charge in [0, 0.05) is 0 Å². The van der Waals surface area contributed by atoms with Crippen molar-refractivity contribution >= 4 is 5.97 Å². The normalized spacial score (nSPS) is 30.4. The summed E-state index contributed by atoms with van der Waals surface area (Å²) in [6, 6.07) is 0. The maximum Gasteiger partial charge on any atom is 0.312 e. The lowest BCUT2D eigenvalue weighted by Gasteiger charge is -2.33. The lowest BCUT2D eigenvalue weighted by Crippen LogP contribution is -2.43. The molecule has 1 heterocycles. The molecular weight excluding hydrogens is 184 g/mol. The van der Waals surface area contributed by atoms with E-state index in [1.165, 1.54) is 0 Å². The molecule has 2 unspecified atom stereocenters. The van der Waals surface area contributed by atoms with Crippen molar-refractivity contribution in [1.82, 2.24) is 0 Å². The van der Waals surface area contributed by atoms with Crippen molar-refractivity contribution in [3.8, 4) is 0 Å². The molecule has 4 atom stereocenters. The second kappa shape index (κ2) is 4.75. The highest BCUT2D eigenvalue weighted by Gasteiger charge is 2.38. The molecule has 1 saturated heterocycles. The van der Waals surface area contributed by atoms with Crippen molar-refractivity contribution < 1.29 is 19.7 Å². The Labute approximate surface area is 83.9 Å². The Morgan fingerprint density at radius 3 is 2.57 bits per heavy atom. The zero-order valence-corrected chi connectivity index (χ0v) is 8.64. The molecule has 0 aliphatic carbocycles. The SMILES string of the molecule is CC(O)CC(O)CC[C@@H]1OC(=O)[C@@H]1C. The van der Waals surface area contributed by atoms with Gasteiger partial charge in [-0.25, -0.2) is 0 Å². The molecule has 0 bridgehead atoms. The Morgan fingerprint density at radius 1 is 1.50 bits per heavy atom. The molecule has 0 aromatic rings. The highest BCUT2D eigenvalue weighted by molar-refractivity contribution is 5.77. The molecule has 0 radical (unpaired) electrons. The molecule has 4 heteroatoms. The van der Waals surface area contributed by atoms with Crippen molar-refractivity contribution in [2.24, 2.45) is 5.92 Å². The van der Waals surface area contributed by atoms with Gasteiger partial charge in [-0.15, -0.1) is 0 Å². The van der Waals surface area contributed by atoms with E-state index in [1.807, 2.05) is 6.92 Å². The van der Waals surface area contributed by atoms with Crippen LogP contribution < -0.4 is 0 Å². The monoisotopic (exact) mass is 202 g/mol. The predicted molar refractivity (Wildman–Crippen MR) is 50.6 cm³/mol. The van der Waals surface area contributed by atoms with E-state index in [1.54, 1.807) is 6.92 Å². The smallest absolute Gasteiger partial charge is 0.312 e. The number of aliphatic hydroxyl groups excluding tert-OH is 2. The Hall–Kier alpha value is -0.610. The second-order valence-corrected chi connectivity index (χ2v) is 4.08. The number of rotatable bonds is 5.